The minimum Gasteiger partial charge on any atom is -0.313 e. The summed E-state index contributed by atoms with van der Waals surface area (Å²) in [6.07, 6.45) is 2.38. The number of nitrogens with one attached hydrogen (secondary N) is 2. The zero-order valence-electron chi connectivity index (χ0n) is 25.8. The van der Waals surface area contributed by atoms with Crippen molar-refractivity contribution in [1.82, 2.24) is 20.4 Å². The number of hydrogen-bond donors (Lipinski definition) is 2. The van der Waals surface area contributed by atoms with Crippen LogP contribution in [0.1, 0.15) is 24.0 Å². The van der Waals surface area contributed by atoms with Crippen LogP contribution in [0.15, 0.2) is 109 Å². The fraction of sp³-hybridized carbons (Fsp3) is 0.300. The summed E-state index contributed by atoms with van der Waals surface area (Å²) in [4.78, 5) is 5.30. The van der Waals surface area contributed by atoms with Gasteiger partial charge in [-0.05, 0) is 105 Å². The van der Waals surface area contributed by atoms with Crippen LogP contribution >= 0.6 is 0 Å². The molecule has 1 fully saturated rings. The standard InChI is InChI=1S/C40H44N4/c1-5-15-35-31(11-1)27-32-12-2-6-16-36(32)39(35)29-41-19-9-21-43-23-25-44(26-24-43)22-10-20-42-30-40-37-17-7-3-13-33(37)28-34-14-4-8-18-38(34)40/h1-8,11-18,27-28,41-42H,9-10,19-26,29-30H2. The number of piperazine rings is 1. The molecule has 0 radical (unpaired) electrons. The van der Waals surface area contributed by atoms with E-state index in [4.69, 9.17) is 0 Å². The second-order valence-electron chi connectivity index (χ2n) is 12.3. The molecule has 1 aliphatic heterocycles. The van der Waals surface area contributed by atoms with Crippen molar-refractivity contribution in [3.05, 3.63) is 120 Å². The minimum atomic E-state index is 0.917. The van der Waals surface area contributed by atoms with Gasteiger partial charge < -0.3 is 20.4 Å². The van der Waals surface area contributed by atoms with Crippen LogP contribution in [0.5, 0.6) is 0 Å². The third-order valence-corrected chi connectivity index (χ3v) is 9.49. The van der Waals surface area contributed by atoms with Gasteiger partial charge in [0.15, 0.2) is 0 Å². The zero-order chi connectivity index (χ0) is 29.6. The van der Waals surface area contributed by atoms with E-state index >= 15 is 0 Å². The smallest absolute Gasteiger partial charge is 0.0217 e. The van der Waals surface area contributed by atoms with Crippen molar-refractivity contribution in [2.75, 3.05) is 52.4 Å². The van der Waals surface area contributed by atoms with Crippen molar-refractivity contribution in [3.63, 3.8) is 0 Å². The molecular formula is C40H44N4. The molecule has 6 aromatic carbocycles. The summed E-state index contributed by atoms with van der Waals surface area (Å²) >= 11 is 0. The molecule has 0 atom stereocenters. The summed E-state index contributed by atoms with van der Waals surface area (Å²) in [6.45, 7) is 11.0. The minimum absolute atomic E-state index is 0.917. The molecule has 2 N–H and O–H groups in total. The van der Waals surface area contributed by atoms with Gasteiger partial charge in [-0.3, -0.25) is 0 Å². The second-order valence-corrected chi connectivity index (χ2v) is 12.3. The third-order valence-electron chi connectivity index (χ3n) is 9.49. The van der Waals surface area contributed by atoms with E-state index in [-0.39, 0.29) is 0 Å². The first-order valence-electron chi connectivity index (χ1n) is 16.5. The molecule has 0 aliphatic carbocycles. The molecule has 0 aromatic heterocycles. The summed E-state index contributed by atoms with van der Waals surface area (Å²) in [6, 6.07) is 39.8. The summed E-state index contributed by atoms with van der Waals surface area (Å²) < 4.78 is 0. The Morgan fingerprint density at radius 1 is 0.432 bits per heavy atom. The van der Waals surface area contributed by atoms with E-state index in [9.17, 15) is 0 Å². The van der Waals surface area contributed by atoms with Gasteiger partial charge >= 0.3 is 0 Å². The Bertz CT molecular complexity index is 1610. The van der Waals surface area contributed by atoms with Gasteiger partial charge in [0.2, 0.25) is 0 Å². The molecule has 0 unspecified atom stereocenters. The molecule has 1 heterocycles. The topological polar surface area (TPSA) is 30.5 Å². The van der Waals surface area contributed by atoms with Crippen LogP contribution in [-0.4, -0.2) is 62.2 Å². The maximum Gasteiger partial charge on any atom is 0.0217 e. The van der Waals surface area contributed by atoms with Crippen molar-refractivity contribution in [3.8, 4) is 0 Å². The quantitative estimate of drug-likeness (QED) is 0.115. The highest BCUT2D eigenvalue weighted by Crippen LogP contribution is 2.29. The van der Waals surface area contributed by atoms with E-state index < -0.39 is 0 Å². The first kappa shape index (κ1) is 28.9. The molecule has 4 heteroatoms. The average Bonchev–Trinajstić information content (AvgIpc) is 3.07. The molecule has 0 bridgehead atoms. The van der Waals surface area contributed by atoms with Crippen LogP contribution < -0.4 is 10.6 Å². The number of fused-ring (bicyclic) bond motifs is 4. The second kappa shape index (κ2) is 13.9. The Morgan fingerprint density at radius 2 is 0.750 bits per heavy atom. The maximum atomic E-state index is 3.76. The molecule has 7 rings (SSSR count). The van der Waals surface area contributed by atoms with E-state index in [0.29, 0.717) is 0 Å². The number of benzene rings is 6. The number of rotatable bonds is 12. The van der Waals surface area contributed by atoms with Crippen molar-refractivity contribution in [1.29, 1.82) is 0 Å². The van der Waals surface area contributed by atoms with E-state index in [1.807, 2.05) is 0 Å². The Morgan fingerprint density at radius 3 is 1.09 bits per heavy atom. The van der Waals surface area contributed by atoms with E-state index in [0.717, 1.165) is 26.2 Å². The van der Waals surface area contributed by atoms with Crippen LogP contribution in [0.3, 0.4) is 0 Å². The van der Waals surface area contributed by atoms with Crippen molar-refractivity contribution in [2.45, 2.75) is 25.9 Å². The third kappa shape index (κ3) is 6.50. The monoisotopic (exact) mass is 580 g/mol. The predicted molar refractivity (Wildman–Crippen MR) is 188 cm³/mol. The van der Waals surface area contributed by atoms with Gasteiger partial charge in [-0.1, -0.05) is 97.1 Å². The summed E-state index contributed by atoms with van der Waals surface area (Å²) in [5.74, 6) is 0. The lowest BCUT2D eigenvalue weighted by atomic mass is 9.97. The van der Waals surface area contributed by atoms with Crippen molar-refractivity contribution >= 4 is 43.1 Å². The van der Waals surface area contributed by atoms with Gasteiger partial charge in [0, 0.05) is 39.3 Å². The summed E-state index contributed by atoms with van der Waals surface area (Å²) in [5, 5.41) is 18.3. The van der Waals surface area contributed by atoms with Gasteiger partial charge in [-0.25, -0.2) is 0 Å². The van der Waals surface area contributed by atoms with Crippen LogP contribution in [0, 0.1) is 0 Å². The predicted octanol–water partition coefficient (Wildman–Crippen LogP) is 7.58. The Kier molecular flexibility index (Phi) is 9.13. The Labute approximate surface area is 261 Å². The lowest BCUT2D eigenvalue weighted by Crippen LogP contribution is -2.47. The summed E-state index contributed by atoms with van der Waals surface area (Å²) in [7, 11) is 0. The van der Waals surface area contributed by atoms with Gasteiger partial charge in [0.1, 0.15) is 0 Å². The van der Waals surface area contributed by atoms with Crippen LogP contribution in [0.2, 0.25) is 0 Å². The molecule has 0 spiro atoms. The normalized spacial score (nSPS) is 14.7. The van der Waals surface area contributed by atoms with Crippen LogP contribution in [-0.2, 0) is 13.1 Å². The summed E-state index contributed by atoms with van der Waals surface area (Å²) in [5.41, 5.74) is 2.85. The van der Waals surface area contributed by atoms with Gasteiger partial charge in [0.05, 0.1) is 0 Å². The molecule has 44 heavy (non-hydrogen) atoms. The number of hydrogen-bond acceptors (Lipinski definition) is 4. The molecule has 1 aliphatic rings. The van der Waals surface area contributed by atoms with E-state index in [2.05, 4.69) is 130 Å². The van der Waals surface area contributed by atoms with Crippen LogP contribution in [0.25, 0.3) is 43.1 Å². The molecule has 6 aromatic rings. The highest BCUT2D eigenvalue weighted by molar-refractivity contribution is 6.03. The van der Waals surface area contributed by atoms with Gasteiger partial charge in [-0.15, -0.1) is 0 Å². The van der Waals surface area contributed by atoms with Gasteiger partial charge in [0.25, 0.3) is 0 Å². The highest BCUT2D eigenvalue weighted by Gasteiger charge is 2.16. The number of nitrogens with zero attached hydrogens (tertiary/aromatic N) is 2. The van der Waals surface area contributed by atoms with Gasteiger partial charge in [-0.2, -0.15) is 0 Å². The lowest BCUT2D eigenvalue weighted by Gasteiger charge is -2.34. The molecule has 0 amide bonds. The van der Waals surface area contributed by atoms with E-state index in [1.54, 1.807) is 0 Å². The van der Waals surface area contributed by atoms with Crippen LogP contribution in [0.4, 0.5) is 0 Å². The Hall–Kier alpha value is -3.80. The first-order chi connectivity index (χ1) is 21.8. The molecule has 4 nitrogen and oxygen atoms in total. The molecule has 0 saturated carbocycles. The largest absolute Gasteiger partial charge is 0.313 e. The SMILES string of the molecule is c1ccc2c(CNCCCN3CCN(CCCNCc4c5ccccc5cc5ccccc45)CC3)c3ccccc3cc2c1. The fourth-order valence-corrected chi connectivity index (χ4v) is 7.12. The zero-order valence-corrected chi connectivity index (χ0v) is 25.8. The lowest BCUT2D eigenvalue weighted by molar-refractivity contribution is 0.130. The maximum absolute atomic E-state index is 3.76. The highest BCUT2D eigenvalue weighted by atomic mass is 15.3. The first-order valence-corrected chi connectivity index (χ1v) is 16.5. The molecular weight excluding hydrogens is 536 g/mol. The average molecular weight is 581 g/mol. The molecule has 1 saturated heterocycles. The Balaban J connectivity index is 0.821. The van der Waals surface area contributed by atoms with Crippen molar-refractivity contribution in [2.24, 2.45) is 0 Å². The fourth-order valence-electron chi connectivity index (χ4n) is 7.12. The van der Waals surface area contributed by atoms with Crippen molar-refractivity contribution < 1.29 is 0 Å². The molecule has 224 valence electrons. The van der Waals surface area contributed by atoms with E-state index in [1.165, 1.54) is 106 Å².